The van der Waals surface area contributed by atoms with E-state index in [4.69, 9.17) is 4.74 Å². The molecule has 3 aromatic rings. The van der Waals surface area contributed by atoms with E-state index >= 15 is 0 Å². The number of nitrogens with one attached hydrogen (secondary N) is 2. The van der Waals surface area contributed by atoms with Gasteiger partial charge in [0.2, 0.25) is 0 Å². The molecule has 0 amide bonds. The van der Waals surface area contributed by atoms with Gasteiger partial charge >= 0.3 is 0 Å². The van der Waals surface area contributed by atoms with Crippen molar-refractivity contribution in [3.63, 3.8) is 0 Å². The van der Waals surface area contributed by atoms with Gasteiger partial charge < -0.3 is 15.4 Å². The molecule has 0 aliphatic rings. The number of hydrogen-bond acceptors (Lipinski definition) is 5. The van der Waals surface area contributed by atoms with Crippen LogP contribution in [0.5, 0.6) is 5.75 Å². The van der Waals surface area contributed by atoms with E-state index in [9.17, 15) is 0 Å². The lowest BCUT2D eigenvalue weighted by molar-refractivity contribution is 0.410. The van der Waals surface area contributed by atoms with Crippen LogP contribution in [0.1, 0.15) is 11.4 Å². The third-order valence-corrected chi connectivity index (χ3v) is 3.78. The summed E-state index contributed by atoms with van der Waals surface area (Å²) in [7, 11) is 1.70. The molecule has 0 bridgehead atoms. The van der Waals surface area contributed by atoms with Gasteiger partial charge in [0.15, 0.2) is 0 Å². The minimum absolute atomic E-state index is 0.723. The molecule has 0 saturated carbocycles. The zero-order valence-corrected chi connectivity index (χ0v) is 14.5. The van der Waals surface area contributed by atoms with E-state index in [1.54, 1.807) is 7.11 Å². The van der Waals surface area contributed by atoms with Crippen molar-refractivity contribution in [3.8, 4) is 5.75 Å². The third kappa shape index (κ3) is 4.70. The first-order valence-electron chi connectivity index (χ1n) is 8.28. The fourth-order valence-electron chi connectivity index (χ4n) is 2.63. The Morgan fingerprint density at radius 3 is 2.44 bits per heavy atom. The molecule has 5 nitrogen and oxygen atoms in total. The van der Waals surface area contributed by atoms with Crippen LogP contribution in [0.15, 0.2) is 60.7 Å². The highest BCUT2D eigenvalue weighted by Gasteiger charge is 2.04. The molecular formula is C20H22N4O. The van der Waals surface area contributed by atoms with E-state index < -0.39 is 0 Å². The van der Waals surface area contributed by atoms with E-state index in [1.165, 1.54) is 5.56 Å². The smallest absolute Gasteiger partial charge is 0.136 e. The van der Waals surface area contributed by atoms with Crippen LogP contribution in [0.2, 0.25) is 0 Å². The standard InChI is InChI=1S/C20H22N4O/c1-15-22-19(14-20(23-15)24-17-9-4-3-5-10-17)21-13-12-16-8-6-7-11-18(16)25-2/h3-11,14H,12-13H2,1-2H3,(H2,21,22,23,24). The van der Waals surface area contributed by atoms with Crippen molar-refractivity contribution in [1.29, 1.82) is 0 Å². The van der Waals surface area contributed by atoms with Gasteiger partial charge in [-0.15, -0.1) is 0 Å². The fraction of sp³-hybridized carbons (Fsp3) is 0.200. The Morgan fingerprint density at radius 2 is 1.64 bits per heavy atom. The second-order valence-corrected chi connectivity index (χ2v) is 5.67. The summed E-state index contributed by atoms with van der Waals surface area (Å²) in [6.07, 6.45) is 0.856. The molecule has 5 heteroatoms. The number of hydrogen-bond donors (Lipinski definition) is 2. The molecule has 2 aromatic carbocycles. The second kappa shape index (κ2) is 8.15. The van der Waals surface area contributed by atoms with E-state index in [1.807, 2.05) is 61.5 Å². The van der Waals surface area contributed by atoms with Gasteiger partial charge in [-0.25, -0.2) is 9.97 Å². The number of aromatic nitrogens is 2. The Hall–Kier alpha value is -3.08. The number of benzene rings is 2. The summed E-state index contributed by atoms with van der Waals surface area (Å²) in [5.41, 5.74) is 2.17. The molecule has 0 radical (unpaired) electrons. The highest BCUT2D eigenvalue weighted by atomic mass is 16.5. The van der Waals surface area contributed by atoms with Gasteiger partial charge in [-0.1, -0.05) is 36.4 Å². The normalized spacial score (nSPS) is 10.3. The number of nitrogens with zero attached hydrogens (tertiary/aromatic N) is 2. The van der Waals surface area contributed by atoms with Crippen molar-refractivity contribution in [3.05, 3.63) is 72.1 Å². The maximum atomic E-state index is 5.39. The van der Waals surface area contributed by atoms with Gasteiger partial charge in [-0.2, -0.15) is 0 Å². The van der Waals surface area contributed by atoms with Crippen molar-refractivity contribution < 1.29 is 4.74 Å². The molecular weight excluding hydrogens is 312 g/mol. The number of anilines is 3. The molecule has 25 heavy (non-hydrogen) atoms. The fourth-order valence-corrected chi connectivity index (χ4v) is 2.63. The predicted octanol–water partition coefficient (Wildman–Crippen LogP) is 4.19. The van der Waals surface area contributed by atoms with Crippen molar-refractivity contribution in [2.45, 2.75) is 13.3 Å². The van der Waals surface area contributed by atoms with Crippen LogP contribution in [-0.2, 0) is 6.42 Å². The lowest BCUT2D eigenvalue weighted by Gasteiger charge is -2.11. The van der Waals surface area contributed by atoms with Gasteiger partial charge in [-0.05, 0) is 37.1 Å². The number of methoxy groups -OCH3 is 1. The van der Waals surface area contributed by atoms with Crippen LogP contribution in [0, 0.1) is 6.92 Å². The van der Waals surface area contributed by atoms with Crippen LogP contribution >= 0.6 is 0 Å². The Morgan fingerprint density at radius 1 is 0.920 bits per heavy atom. The maximum absolute atomic E-state index is 5.39. The maximum Gasteiger partial charge on any atom is 0.136 e. The molecule has 0 saturated heterocycles. The van der Waals surface area contributed by atoms with E-state index in [0.717, 1.165) is 41.9 Å². The summed E-state index contributed by atoms with van der Waals surface area (Å²) in [5.74, 6) is 3.22. The summed E-state index contributed by atoms with van der Waals surface area (Å²) < 4.78 is 5.39. The highest BCUT2D eigenvalue weighted by Crippen LogP contribution is 2.19. The molecule has 1 aromatic heterocycles. The number of aryl methyl sites for hydroxylation is 1. The minimum Gasteiger partial charge on any atom is -0.496 e. The van der Waals surface area contributed by atoms with Crippen molar-refractivity contribution in [2.75, 3.05) is 24.3 Å². The molecule has 0 unspecified atom stereocenters. The van der Waals surface area contributed by atoms with Crippen LogP contribution in [-0.4, -0.2) is 23.6 Å². The van der Waals surface area contributed by atoms with Gasteiger partial charge in [0.1, 0.15) is 23.2 Å². The van der Waals surface area contributed by atoms with Gasteiger partial charge in [0.25, 0.3) is 0 Å². The summed E-state index contributed by atoms with van der Waals surface area (Å²) in [6.45, 7) is 2.66. The largest absolute Gasteiger partial charge is 0.496 e. The Labute approximate surface area is 148 Å². The Bertz CT molecular complexity index is 821. The predicted molar refractivity (Wildman–Crippen MR) is 102 cm³/mol. The van der Waals surface area contributed by atoms with Gasteiger partial charge in [-0.3, -0.25) is 0 Å². The molecule has 0 fully saturated rings. The zero-order chi connectivity index (χ0) is 17.5. The number of ether oxygens (including phenoxy) is 1. The van der Waals surface area contributed by atoms with Crippen molar-refractivity contribution >= 4 is 17.3 Å². The molecule has 2 N–H and O–H groups in total. The number of rotatable bonds is 7. The minimum atomic E-state index is 0.723. The third-order valence-electron chi connectivity index (χ3n) is 3.78. The molecule has 0 atom stereocenters. The van der Waals surface area contributed by atoms with Gasteiger partial charge in [0, 0.05) is 18.3 Å². The summed E-state index contributed by atoms with van der Waals surface area (Å²) >= 11 is 0. The second-order valence-electron chi connectivity index (χ2n) is 5.67. The first-order chi connectivity index (χ1) is 12.2. The number of para-hydroxylation sites is 2. The summed E-state index contributed by atoms with van der Waals surface area (Å²) in [4.78, 5) is 8.90. The molecule has 128 valence electrons. The van der Waals surface area contributed by atoms with Crippen LogP contribution < -0.4 is 15.4 Å². The molecule has 0 aliphatic heterocycles. The zero-order valence-electron chi connectivity index (χ0n) is 14.5. The molecule has 1 heterocycles. The van der Waals surface area contributed by atoms with Crippen LogP contribution in [0.4, 0.5) is 17.3 Å². The molecule has 3 rings (SSSR count). The quantitative estimate of drug-likeness (QED) is 0.678. The first-order valence-corrected chi connectivity index (χ1v) is 8.28. The monoisotopic (exact) mass is 334 g/mol. The van der Waals surface area contributed by atoms with Crippen LogP contribution in [0.25, 0.3) is 0 Å². The average Bonchev–Trinajstić information content (AvgIpc) is 2.62. The van der Waals surface area contributed by atoms with Gasteiger partial charge in [0.05, 0.1) is 7.11 Å². The van der Waals surface area contributed by atoms with Crippen molar-refractivity contribution in [2.24, 2.45) is 0 Å². The first kappa shape index (κ1) is 16.8. The molecule has 0 spiro atoms. The lowest BCUT2D eigenvalue weighted by Crippen LogP contribution is -2.09. The van der Waals surface area contributed by atoms with E-state index in [-0.39, 0.29) is 0 Å². The van der Waals surface area contributed by atoms with E-state index in [0.29, 0.717) is 0 Å². The average molecular weight is 334 g/mol. The van der Waals surface area contributed by atoms with Crippen LogP contribution in [0.3, 0.4) is 0 Å². The summed E-state index contributed by atoms with van der Waals surface area (Å²) in [6, 6.07) is 20.0. The Balaban J connectivity index is 1.64. The Kier molecular flexibility index (Phi) is 5.46. The summed E-state index contributed by atoms with van der Waals surface area (Å²) in [5, 5.41) is 6.67. The highest BCUT2D eigenvalue weighted by molar-refractivity contribution is 5.59. The lowest BCUT2D eigenvalue weighted by atomic mass is 10.1. The van der Waals surface area contributed by atoms with E-state index in [2.05, 4.69) is 26.7 Å². The SMILES string of the molecule is COc1ccccc1CCNc1cc(Nc2ccccc2)nc(C)n1. The van der Waals surface area contributed by atoms with Crippen molar-refractivity contribution in [1.82, 2.24) is 9.97 Å². The topological polar surface area (TPSA) is 59.1 Å². The molecule has 0 aliphatic carbocycles.